The molecule has 0 atom stereocenters. The highest BCUT2D eigenvalue weighted by molar-refractivity contribution is 8.01. The first-order valence-corrected chi connectivity index (χ1v) is 9.97. The van der Waals surface area contributed by atoms with Crippen LogP contribution in [0, 0.1) is 5.92 Å². The van der Waals surface area contributed by atoms with Crippen LogP contribution in [-0.4, -0.2) is 39.8 Å². The summed E-state index contributed by atoms with van der Waals surface area (Å²) in [6, 6.07) is 8.36. The summed E-state index contributed by atoms with van der Waals surface area (Å²) in [6.45, 7) is 6.70. The second-order valence-electron chi connectivity index (χ2n) is 6.27. The van der Waals surface area contributed by atoms with Gasteiger partial charge in [-0.3, -0.25) is 4.79 Å². The average molecular weight is 363 g/mol. The molecule has 24 heavy (non-hydrogen) atoms. The standard InChI is InChI=1S/C17H22N4OS2/c1-12(2)9-18-16-19-20-17(24-16)23-11-15(22)21-8-7-13-5-3-4-6-14(13)10-21/h3-6,12H,7-11H2,1-2H3,(H,18,19). The van der Waals surface area contributed by atoms with Crippen molar-refractivity contribution in [3.63, 3.8) is 0 Å². The molecule has 1 N–H and O–H groups in total. The Hall–Kier alpha value is -1.60. The number of thioether (sulfide) groups is 1. The van der Waals surface area contributed by atoms with Gasteiger partial charge in [-0.2, -0.15) is 0 Å². The molecule has 0 saturated heterocycles. The number of fused-ring (bicyclic) bond motifs is 1. The highest BCUT2D eigenvalue weighted by atomic mass is 32.2. The van der Waals surface area contributed by atoms with Gasteiger partial charge >= 0.3 is 0 Å². The number of carbonyl (C=O) groups is 1. The molecule has 1 amide bonds. The van der Waals surface area contributed by atoms with Crippen LogP contribution in [0.1, 0.15) is 25.0 Å². The summed E-state index contributed by atoms with van der Waals surface area (Å²) >= 11 is 2.98. The van der Waals surface area contributed by atoms with Gasteiger partial charge in [-0.05, 0) is 23.5 Å². The van der Waals surface area contributed by atoms with Crippen LogP contribution in [0.2, 0.25) is 0 Å². The number of hydrogen-bond donors (Lipinski definition) is 1. The van der Waals surface area contributed by atoms with E-state index in [0.29, 0.717) is 18.2 Å². The van der Waals surface area contributed by atoms with Crippen LogP contribution in [-0.2, 0) is 17.8 Å². The van der Waals surface area contributed by atoms with Gasteiger partial charge in [-0.15, -0.1) is 10.2 Å². The third kappa shape index (κ3) is 4.48. The van der Waals surface area contributed by atoms with Gasteiger partial charge in [0.1, 0.15) is 0 Å². The number of hydrogen-bond acceptors (Lipinski definition) is 6. The molecule has 3 rings (SSSR count). The molecule has 0 bridgehead atoms. The molecule has 1 aliphatic heterocycles. The zero-order valence-electron chi connectivity index (χ0n) is 14.0. The molecule has 0 fully saturated rings. The van der Waals surface area contributed by atoms with Crippen molar-refractivity contribution in [3.8, 4) is 0 Å². The van der Waals surface area contributed by atoms with Crippen LogP contribution in [0.15, 0.2) is 28.6 Å². The Morgan fingerprint density at radius 1 is 1.33 bits per heavy atom. The first-order chi connectivity index (χ1) is 11.6. The number of anilines is 1. The van der Waals surface area contributed by atoms with E-state index in [2.05, 4.69) is 47.6 Å². The van der Waals surface area contributed by atoms with Gasteiger partial charge in [-0.1, -0.05) is 61.2 Å². The van der Waals surface area contributed by atoms with Gasteiger partial charge in [0.2, 0.25) is 11.0 Å². The van der Waals surface area contributed by atoms with Crippen molar-refractivity contribution < 1.29 is 4.79 Å². The third-order valence-corrected chi connectivity index (χ3v) is 5.87. The Morgan fingerprint density at radius 2 is 2.12 bits per heavy atom. The van der Waals surface area contributed by atoms with Crippen molar-refractivity contribution in [1.82, 2.24) is 15.1 Å². The molecule has 7 heteroatoms. The SMILES string of the molecule is CC(C)CNc1nnc(SCC(=O)N2CCc3ccccc3C2)s1. The van der Waals surface area contributed by atoms with Crippen molar-refractivity contribution in [1.29, 1.82) is 0 Å². The van der Waals surface area contributed by atoms with Gasteiger partial charge in [0.05, 0.1) is 5.75 Å². The number of rotatable bonds is 6. The molecule has 0 aliphatic carbocycles. The topological polar surface area (TPSA) is 58.1 Å². The Morgan fingerprint density at radius 3 is 2.92 bits per heavy atom. The molecule has 2 heterocycles. The fraction of sp³-hybridized carbons (Fsp3) is 0.471. The lowest BCUT2D eigenvalue weighted by atomic mass is 10.00. The Labute approximate surface area is 150 Å². The molecule has 0 saturated carbocycles. The van der Waals surface area contributed by atoms with Crippen LogP contribution in [0.3, 0.4) is 0 Å². The third-order valence-electron chi connectivity index (χ3n) is 3.87. The average Bonchev–Trinajstić information content (AvgIpc) is 3.05. The molecule has 1 aromatic carbocycles. The normalized spacial score (nSPS) is 13.9. The molecule has 1 aliphatic rings. The number of amides is 1. The molecule has 5 nitrogen and oxygen atoms in total. The summed E-state index contributed by atoms with van der Waals surface area (Å²) in [6.07, 6.45) is 0.939. The summed E-state index contributed by atoms with van der Waals surface area (Å²) in [7, 11) is 0. The molecule has 128 valence electrons. The first-order valence-electron chi connectivity index (χ1n) is 8.16. The van der Waals surface area contributed by atoms with E-state index in [1.165, 1.54) is 34.2 Å². The zero-order valence-corrected chi connectivity index (χ0v) is 15.6. The summed E-state index contributed by atoms with van der Waals surface area (Å²) in [4.78, 5) is 14.4. The minimum atomic E-state index is 0.168. The summed E-state index contributed by atoms with van der Waals surface area (Å²) in [5.41, 5.74) is 2.62. The van der Waals surface area contributed by atoms with E-state index >= 15 is 0 Å². The summed E-state index contributed by atoms with van der Waals surface area (Å²) in [5, 5.41) is 12.4. The van der Waals surface area contributed by atoms with Crippen molar-refractivity contribution in [2.45, 2.75) is 31.2 Å². The fourth-order valence-electron chi connectivity index (χ4n) is 2.55. The number of benzene rings is 1. The maximum atomic E-state index is 12.4. The van der Waals surface area contributed by atoms with Gasteiger partial charge < -0.3 is 10.2 Å². The first kappa shape index (κ1) is 17.2. The monoisotopic (exact) mass is 362 g/mol. The predicted octanol–water partition coefficient (Wildman–Crippen LogP) is 3.28. The van der Waals surface area contributed by atoms with E-state index in [1.807, 2.05) is 11.0 Å². The second-order valence-corrected chi connectivity index (χ2v) is 8.47. The van der Waals surface area contributed by atoms with Gasteiger partial charge in [-0.25, -0.2) is 0 Å². The summed E-state index contributed by atoms with van der Waals surface area (Å²) < 4.78 is 0.840. The van der Waals surface area contributed by atoms with E-state index in [-0.39, 0.29) is 5.91 Å². The molecular weight excluding hydrogens is 340 g/mol. The van der Waals surface area contributed by atoms with Gasteiger partial charge in [0, 0.05) is 19.6 Å². The van der Waals surface area contributed by atoms with E-state index < -0.39 is 0 Å². The largest absolute Gasteiger partial charge is 0.360 e. The number of carbonyl (C=O) groups excluding carboxylic acids is 1. The van der Waals surface area contributed by atoms with E-state index in [4.69, 9.17) is 0 Å². The lowest BCUT2D eigenvalue weighted by molar-refractivity contribution is -0.129. The Bertz CT molecular complexity index is 701. The van der Waals surface area contributed by atoms with Crippen molar-refractivity contribution >= 4 is 34.1 Å². The minimum Gasteiger partial charge on any atom is -0.360 e. The maximum Gasteiger partial charge on any atom is 0.233 e. The van der Waals surface area contributed by atoms with Crippen molar-refractivity contribution in [2.75, 3.05) is 24.2 Å². The van der Waals surface area contributed by atoms with Crippen LogP contribution < -0.4 is 5.32 Å². The molecule has 0 unspecified atom stereocenters. The second kappa shape index (κ2) is 7.98. The Kier molecular flexibility index (Phi) is 5.73. The smallest absolute Gasteiger partial charge is 0.233 e. The van der Waals surface area contributed by atoms with Crippen LogP contribution in [0.4, 0.5) is 5.13 Å². The Balaban J connectivity index is 1.49. The van der Waals surface area contributed by atoms with Crippen LogP contribution in [0.25, 0.3) is 0 Å². The van der Waals surface area contributed by atoms with Crippen LogP contribution >= 0.6 is 23.1 Å². The number of nitrogens with zero attached hydrogens (tertiary/aromatic N) is 3. The molecule has 1 aromatic heterocycles. The minimum absolute atomic E-state index is 0.168. The lowest BCUT2D eigenvalue weighted by Gasteiger charge is -2.28. The maximum absolute atomic E-state index is 12.4. The zero-order chi connectivity index (χ0) is 16.9. The van der Waals surface area contributed by atoms with Crippen molar-refractivity contribution in [3.05, 3.63) is 35.4 Å². The van der Waals surface area contributed by atoms with Crippen molar-refractivity contribution in [2.24, 2.45) is 5.92 Å². The quantitative estimate of drug-likeness (QED) is 0.799. The molecule has 2 aromatic rings. The number of aromatic nitrogens is 2. The van der Waals surface area contributed by atoms with Gasteiger partial charge in [0.15, 0.2) is 4.34 Å². The highest BCUT2D eigenvalue weighted by Crippen LogP contribution is 2.26. The predicted molar refractivity (Wildman–Crippen MR) is 99.5 cm³/mol. The summed E-state index contributed by atoms with van der Waals surface area (Å²) in [5.74, 6) is 1.15. The molecule has 0 spiro atoms. The van der Waals surface area contributed by atoms with Gasteiger partial charge in [0.25, 0.3) is 0 Å². The fourth-order valence-corrected chi connectivity index (χ4v) is 4.22. The highest BCUT2D eigenvalue weighted by Gasteiger charge is 2.20. The molecular formula is C17H22N4OS2. The van der Waals surface area contributed by atoms with Crippen LogP contribution in [0.5, 0.6) is 0 Å². The molecule has 0 radical (unpaired) electrons. The van der Waals surface area contributed by atoms with E-state index in [0.717, 1.165) is 29.0 Å². The number of nitrogens with one attached hydrogen (secondary N) is 1. The lowest BCUT2D eigenvalue weighted by Crippen LogP contribution is -2.37. The van der Waals surface area contributed by atoms with E-state index in [1.54, 1.807) is 0 Å². The van der Waals surface area contributed by atoms with E-state index in [9.17, 15) is 4.79 Å².